The molecule has 0 radical (unpaired) electrons. The van der Waals surface area contributed by atoms with Crippen molar-refractivity contribution in [2.24, 2.45) is 0 Å². The van der Waals surface area contributed by atoms with Gasteiger partial charge in [-0.05, 0) is 24.4 Å². The van der Waals surface area contributed by atoms with Gasteiger partial charge in [-0.2, -0.15) is 13.2 Å². The van der Waals surface area contributed by atoms with Gasteiger partial charge in [0.2, 0.25) is 0 Å². The lowest BCUT2D eigenvalue weighted by Crippen LogP contribution is -2.10. The smallest absolute Gasteiger partial charge is 0.362 e. The van der Waals surface area contributed by atoms with Gasteiger partial charge < -0.3 is 5.32 Å². The van der Waals surface area contributed by atoms with Crippen molar-refractivity contribution < 1.29 is 13.2 Å². The fraction of sp³-hybridized carbons (Fsp3) is 0.250. The van der Waals surface area contributed by atoms with Crippen molar-refractivity contribution >= 4 is 28.8 Å². The van der Waals surface area contributed by atoms with Gasteiger partial charge in [-0.15, -0.1) is 11.3 Å². The van der Waals surface area contributed by atoms with Crippen molar-refractivity contribution in [2.45, 2.75) is 19.1 Å². The highest BCUT2D eigenvalue weighted by atomic mass is 35.5. The molecule has 0 aliphatic carbocycles. The molecule has 0 spiro atoms. The van der Waals surface area contributed by atoms with Crippen LogP contribution < -0.4 is 5.32 Å². The molecule has 0 saturated carbocycles. The number of hydrogen-bond acceptors (Lipinski definition) is 3. The summed E-state index contributed by atoms with van der Waals surface area (Å²) in [6.07, 6.45) is -3.66. The molecule has 0 aliphatic heterocycles. The molecule has 1 atom stereocenters. The molecule has 0 fully saturated rings. The summed E-state index contributed by atoms with van der Waals surface area (Å²) in [5.41, 5.74) is -0.855. The summed E-state index contributed by atoms with van der Waals surface area (Å²) in [5, 5.41) is 4.87. The van der Waals surface area contributed by atoms with Gasteiger partial charge in [-0.25, -0.2) is 4.98 Å². The molecule has 1 unspecified atom stereocenters. The van der Waals surface area contributed by atoms with Crippen molar-refractivity contribution in [3.63, 3.8) is 0 Å². The molecule has 102 valence electrons. The first-order chi connectivity index (χ1) is 8.88. The van der Waals surface area contributed by atoms with E-state index in [0.29, 0.717) is 0 Å². The van der Waals surface area contributed by atoms with Crippen LogP contribution in [0.1, 0.15) is 23.4 Å². The maximum absolute atomic E-state index is 12.5. The molecular weight excluding hydrogens is 297 g/mol. The van der Waals surface area contributed by atoms with Crippen LogP contribution in [-0.2, 0) is 6.18 Å². The van der Waals surface area contributed by atoms with E-state index in [2.05, 4.69) is 10.3 Å². The summed E-state index contributed by atoms with van der Waals surface area (Å²) >= 11 is 7.37. The average molecular weight is 307 g/mol. The molecule has 0 saturated heterocycles. The van der Waals surface area contributed by atoms with Crippen LogP contribution in [-0.4, -0.2) is 4.98 Å². The van der Waals surface area contributed by atoms with E-state index < -0.39 is 11.7 Å². The second kappa shape index (κ2) is 5.38. The topological polar surface area (TPSA) is 24.9 Å². The summed E-state index contributed by atoms with van der Waals surface area (Å²) in [4.78, 5) is 4.79. The molecule has 2 nitrogen and oxygen atoms in total. The van der Waals surface area contributed by atoms with E-state index in [-0.39, 0.29) is 16.9 Å². The normalized spacial score (nSPS) is 13.3. The quantitative estimate of drug-likeness (QED) is 0.864. The van der Waals surface area contributed by atoms with Crippen molar-refractivity contribution in [1.82, 2.24) is 4.98 Å². The van der Waals surface area contributed by atoms with Gasteiger partial charge in [0.1, 0.15) is 5.82 Å². The molecule has 2 aromatic heterocycles. The lowest BCUT2D eigenvalue weighted by Gasteiger charge is -2.15. The van der Waals surface area contributed by atoms with E-state index in [0.717, 1.165) is 17.1 Å². The Morgan fingerprint density at radius 3 is 2.68 bits per heavy atom. The first-order valence-corrected chi connectivity index (χ1v) is 6.66. The average Bonchev–Trinajstić information content (AvgIpc) is 2.84. The molecule has 19 heavy (non-hydrogen) atoms. The lowest BCUT2D eigenvalue weighted by molar-refractivity contribution is -0.137. The third kappa shape index (κ3) is 3.39. The zero-order valence-electron chi connectivity index (χ0n) is 9.83. The van der Waals surface area contributed by atoms with E-state index in [4.69, 9.17) is 11.6 Å². The molecule has 0 amide bonds. The van der Waals surface area contributed by atoms with Gasteiger partial charge in [0, 0.05) is 11.1 Å². The number of nitrogens with zero attached hydrogens (tertiary/aromatic N) is 1. The number of rotatable bonds is 3. The van der Waals surface area contributed by atoms with Crippen LogP contribution in [0.25, 0.3) is 0 Å². The number of anilines is 1. The SMILES string of the molecule is CC(Nc1ncc(C(F)(F)F)cc1Cl)c1cccs1. The Hall–Kier alpha value is -1.27. The number of nitrogens with one attached hydrogen (secondary N) is 1. The Morgan fingerprint density at radius 1 is 1.42 bits per heavy atom. The predicted molar refractivity (Wildman–Crippen MR) is 70.6 cm³/mol. The Morgan fingerprint density at radius 2 is 2.16 bits per heavy atom. The van der Waals surface area contributed by atoms with Crippen molar-refractivity contribution in [3.05, 3.63) is 45.2 Å². The second-order valence-corrected chi connectivity index (χ2v) is 5.32. The number of thiophene rings is 1. The van der Waals surface area contributed by atoms with Gasteiger partial charge in [0.25, 0.3) is 0 Å². The number of aromatic nitrogens is 1. The molecule has 1 N–H and O–H groups in total. The fourth-order valence-corrected chi connectivity index (χ4v) is 2.47. The molecule has 0 aliphatic rings. The summed E-state index contributed by atoms with van der Waals surface area (Å²) in [5.74, 6) is 0.246. The van der Waals surface area contributed by atoms with Gasteiger partial charge in [0.05, 0.1) is 16.6 Å². The summed E-state index contributed by atoms with van der Waals surface area (Å²) < 4.78 is 37.4. The third-order valence-electron chi connectivity index (χ3n) is 2.49. The van der Waals surface area contributed by atoms with E-state index in [1.54, 1.807) is 11.3 Å². The lowest BCUT2D eigenvalue weighted by atomic mass is 10.2. The van der Waals surface area contributed by atoms with Crippen LogP contribution in [0.3, 0.4) is 0 Å². The van der Waals surface area contributed by atoms with E-state index >= 15 is 0 Å². The van der Waals surface area contributed by atoms with Gasteiger partial charge in [0.15, 0.2) is 0 Å². The van der Waals surface area contributed by atoms with E-state index in [1.807, 2.05) is 24.4 Å². The van der Waals surface area contributed by atoms with Crippen LogP contribution in [0, 0.1) is 0 Å². The minimum atomic E-state index is -4.44. The van der Waals surface area contributed by atoms with Crippen LogP contribution in [0.5, 0.6) is 0 Å². The number of hydrogen-bond donors (Lipinski definition) is 1. The number of pyridine rings is 1. The van der Waals surface area contributed by atoms with Crippen molar-refractivity contribution in [1.29, 1.82) is 0 Å². The first-order valence-electron chi connectivity index (χ1n) is 5.40. The third-order valence-corrected chi connectivity index (χ3v) is 3.83. The first kappa shape index (κ1) is 14.1. The Labute approximate surface area is 117 Å². The largest absolute Gasteiger partial charge is 0.417 e. The van der Waals surface area contributed by atoms with E-state index in [9.17, 15) is 13.2 Å². The second-order valence-electron chi connectivity index (χ2n) is 3.93. The molecule has 2 rings (SSSR count). The van der Waals surface area contributed by atoms with Crippen molar-refractivity contribution in [3.8, 4) is 0 Å². The molecule has 2 heterocycles. The molecule has 7 heteroatoms. The molecule has 0 bridgehead atoms. The fourth-order valence-electron chi connectivity index (χ4n) is 1.51. The number of halogens is 4. The summed E-state index contributed by atoms with van der Waals surface area (Å²) in [7, 11) is 0. The minimum Gasteiger partial charge on any atom is -0.362 e. The maximum atomic E-state index is 12.5. The van der Waals surface area contributed by atoms with Crippen LogP contribution in [0.4, 0.5) is 19.0 Å². The zero-order chi connectivity index (χ0) is 14.0. The zero-order valence-corrected chi connectivity index (χ0v) is 11.4. The highest BCUT2D eigenvalue weighted by Gasteiger charge is 2.31. The maximum Gasteiger partial charge on any atom is 0.417 e. The summed E-state index contributed by atoms with van der Waals surface area (Å²) in [6.45, 7) is 1.89. The minimum absolute atomic E-state index is 0.0433. The predicted octanol–water partition coefficient (Wildman–Crippen LogP) is 4.99. The Kier molecular flexibility index (Phi) is 4.01. The molecule has 0 aromatic carbocycles. The van der Waals surface area contributed by atoms with E-state index in [1.165, 1.54) is 0 Å². The van der Waals surface area contributed by atoms with Crippen molar-refractivity contribution in [2.75, 3.05) is 5.32 Å². The van der Waals surface area contributed by atoms with Gasteiger partial charge in [-0.1, -0.05) is 17.7 Å². The molecular formula is C12H10ClF3N2S. The monoisotopic (exact) mass is 306 g/mol. The Bertz CT molecular complexity index is 555. The highest BCUT2D eigenvalue weighted by molar-refractivity contribution is 7.10. The highest BCUT2D eigenvalue weighted by Crippen LogP contribution is 2.33. The molecule has 2 aromatic rings. The van der Waals surface area contributed by atoms with Gasteiger partial charge >= 0.3 is 6.18 Å². The standard InChI is InChI=1S/C12H10ClF3N2S/c1-7(10-3-2-4-19-10)18-11-9(13)5-8(6-17-11)12(14,15)16/h2-7H,1H3,(H,17,18). The van der Waals surface area contributed by atoms with Crippen LogP contribution >= 0.6 is 22.9 Å². The summed E-state index contributed by atoms with van der Waals surface area (Å²) in [6, 6.07) is 4.64. The number of alkyl halides is 3. The Balaban J connectivity index is 2.18. The van der Waals surface area contributed by atoms with Crippen LogP contribution in [0.2, 0.25) is 5.02 Å². The van der Waals surface area contributed by atoms with Crippen LogP contribution in [0.15, 0.2) is 29.8 Å². The van der Waals surface area contributed by atoms with Gasteiger partial charge in [-0.3, -0.25) is 0 Å².